The van der Waals surface area contributed by atoms with Gasteiger partial charge in [0.15, 0.2) is 8.32 Å². The van der Waals surface area contributed by atoms with Crippen molar-refractivity contribution in [3.8, 4) is 0 Å². The number of carbonyl (C=O) groups is 1. The fourth-order valence-corrected chi connectivity index (χ4v) is 4.50. The normalized spacial score (nSPS) is 28.2. The summed E-state index contributed by atoms with van der Waals surface area (Å²) in [6.45, 7) is 11.7. The Bertz CT molecular complexity index is 850. The van der Waals surface area contributed by atoms with E-state index in [4.69, 9.17) is 13.9 Å². The molecule has 1 unspecified atom stereocenters. The van der Waals surface area contributed by atoms with Crippen LogP contribution in [-0.2, 0) is 13.9 Å². The summed E-state index contributed by atoms with van der Waals surface area (Å²) in [5.41, 5.74) is 0.590. The number of benzene rings is 1. The number of nitrogens with one attached hydrogen (secondary N) is 1. The van der Waals surface area contributed by atoms with E-state index in [0.717, 1.165) is 6.42 Å². The summed E-state index contributed by atoms with van der Waals surface area (Å²) < 4.78 is 18.8. The number of amidine groups is 1. The molecule has 1 N–H and O–H groups in total. The standard InChI is InChI=1S/C22H31N3O4Si/c1-22(2,3)30(4,5)27-14-17-16-13-19(28-17)25-12-11-18(24-21(25)29-16)23-20(26)15-9-7-6-8-10-15/h6-12,16-17,19,21H,13-14H2,1-5H3,(H,23,24,26)/t16-,17+,19+,21?/m0/s1. The number of rotatable bonds is 4. The summed E-state index contributed by atoms with van der Waals surface area (Å²) in [7, 11) is -1.85. The van der Waals surface area contributed by atoms with Gasteiger partial charge in [-0.3, -0.25) is 4.79 Å². The molecule has 0 spiro atoms. The van der Waals surface area contributed by atoms with Crippen molar-refractivity contribution in [1.82, 2.24) is 10.2 Å². The second kappa shape index (κ2) is 7.92. The van der Waals surface area contributed by atoms with E-state index in [2.05, 4.69) is 44.2 Å². The maximum absolute atomic E-state index is 12.4. The second-order valence-electron chi connectivity index (χ2n) is 9.53. The lowest BCUT2D eigenvalue weighted by Gasteiger charge is -2.38. The highest BCUT2D eigenvalue weighted by atomic mass is 28.4. The molecule has 2 saturated heterocycles. The van der Waals surface area contributed by atoms with Crippen LogP contribution in [0.4, 0.5) is 0 Å². The van der Waals surface area contributed by atoms with Crippen molar-refractivity contribution in [2.75, 3.05) is 6.61 Å². The molecule has 162 valence electrons. The molecule has 0 radical (unpaired) electrons. The van der Waals surface area contributed by atoms with Crippen molar-refractivity contribution < 1.29 is 18.7 Å². The summed E-state index contributed by atoms with van der Waals surface area (Å²) in [6.07, 6.45) is 3.69. The van der Waals surface area contributed by atoms with Gasteiger partial charge < -0.3 is 24.1 Å². The molecule has 0 aliphatic carbocycles. The van der Waals surface area contributed by atoms with Gasteiger partial charge in [-0.2, -0.15) is 0 Å². The fourth-order valence-electron chi connectivity index (χ4n) is 3.49. The van der Waals surface area contributed by atoms with Gasteiger partial charge in [0.05, 0.1) is 12.7 Å². The first kappa shape index (κ1) is 21.2. The number of carbonyl (C=O) groups excluding carboxylic acids is 1. The first-order chi connectivity index (χ1) is 14.1. The number of fused-ring (bicyclic) bond motifs is 4. The molecule has 1 aromatic rings. The summed E-state index contributed by atoms with van der Waals surface area (Å²) in [4.78, 5) is 19.0. The average molecular weight is 430 g/mol. The molecule has 4 rings (SSSR count). The third kappa shape index (κ3) is 4.23. The van der Waals surface area contributed by atoms with Crippen LogP contribution in [0.25, 0.3) is 0 Å². The third-order valence-corrected chi connectivity index (χ3v) is 10.9. The number of nitrogens with zero attached hydrogens (tertiary/aromatic N) is 2. The zero-order valence-electron chi connectivity index (χ0n) is 18.3. The minimum Gasteiger partial charge on any atom is -0.414 e. The molecule has 30 heavy (non-hydrogen) atoms. The van der Waals surface area contributed by atoms with Crippen molar-refractivity contribution in [1.29, 1.82) is 0 Å². The van der Waals surface area contributed by atoms with Gasteiger partial charge in [0, 0.05) is 18.2 Å². The monoisotopic (exact) mass is 429 g/mol. The summed E-state index contributed by atoms with van der Waals surface area (Å²) in [5.74, 6) is 0.295. The van der Waals surface area contributed by atoms with E-state index in [9.17, 15) is 4.79 Å². The van der Waals surface area contributed by atoms with Gasteiger partial charge in [-0.1, -0.05) is 39.0 Å². The van der Waals surface area contributed by atoms with Gasteiger partial charge in [-0.05, 0) is 36.3 Å². The summed E-state index contributed by atoms with van der Waals surface area (Å²) >= 11 is 0. The quantitative estimate of drug-likeness (QED) is 0.742. The van der Waals surface area contributed by atoms with Gasteiger partial charge >= 0.3 is 0 Å². The summed E-state index contributed by atoms with van der Waals surface area (Å²) in [6, 6.07) is 9.09. The lowest BCUT2D eigenvalue weighted by molar-refractivity contribution is -0.130. The van der Waals surface area contributed by atoms with Crippen LogP contribution in [0.15, 0.2) is 47.6 Å². The van der Waals surface area contributed by atoms with Gasteiger partial charge in [0.1, 0.15) is 18.2 Å². The smallest absolute Gasteiger partial charge is 0.256 e. The van der Waals surface area contributed by atoms with Gasteiger partial charge in [0.2, 0.25) is 6.35 Å². The molecule has 0 saturated carbocycles. The molecule has 2 bridgehead atoms. The SMILES string of the molecule is CC(C)(C)[Si](C)(C)OC[C@H]1O[C@@H]2C[C@@H]1OC1N=C(NC(=O)c3ccccc3)C=CN12. The molecule has 0 aromatic heterocycles. The Labute approximate surface area is 179 Å². The summed E-state index contributed by atoms with van der Waals surface area (Å²) in [5, 5.41) is 3.00. The van der Waals surface area contributed by atoms with Crippen molar-refractivity contribution in [3.63, 3.8) is 0 Å². The van der Waals surface area contributed by atoms with E-state index in [1.165, 1.54) is 0 Å². The van der Waals surface area contributed by atoms with Crippen LogP contribution in [0, 0.1) is 0 Å². The first-order valence-electron chi connectivity index (χ1n) is 10.5. The van der Waals surface area contributed by atoms with Gasteiger partial charge in [0.25, 0.3) is 5.91 Å². The van der Waals surface area contributed by atoms with Crippen LogP contribution in [0.1, 0.15) is 37.6 Å². The van der Waals surface area contributed by atoms with E-state index in [0.29, 0.717) is 18.0 Å². The number of amides is 1. The van der Waals surface area contributed by atoms with Crippen LogP contribution in [0.5, 0.6) is 0 Å². The fraction of sp³-hybridized carbons (Fsp3) is 0.545. The zero-order chi connectivity index (χ0) is 21.5. The molecular formula is C22H31N3O4Si. The van der Waals surface area contributed by atoms with Crippen molar-refractivity contribution >= 4 is 20.1 Å². The number of aliphatic imine (C=N–C) groups is 1. The first-order valence-corrected chi connectivity index (χ1v) is 13.4. The minimum atomic E-state index is -1.85. The molecule has 3 aliphatic heterocycles. The second-order valence-corrected chi connectivity index (χ2v) is 14.3. The Morgan fingerprint density at radius 1 is 1.27 bits per heavy atom. The molecule has 4 atom stereocenters. The Morgan fingerprint density at radius 2 is 2.00 bits per heavy atom. The highest BCUT2D eigenvalue weighted by Crippen LogP contribution is 2.39. The highest BCUT2D eigenvalue weighted by molar-refractivity contribution is 6.74. The predicted molar refractivity (Wildman–Crippen MR) is 117 cm³/mol. The highest BCUT2D eigenvalue weighted by Gasteiger charge is 2.48. The molecule has 7 nitrogen and oxygen atoms in total. The number of ether oxygens (including phenoxy) is 2. The molecule has 8 heteroatoms. The molecule has 1 amide bonds. The maximum atomic E-state index is 12.4. The molecule has 3 heterocycles. The Balaban J connectivity index is 1.39. The van der Waals surface area contributed by atoms with Crippen LogP contribution in [0.2, 0.25) is 18.1 Å². The Morgan fingerprint density at radius 3 is 2.70 bits per heavy atom. The molecule has 1 aromatic carbocycles. The topological polar surface area (TPSA) is 72.4 Å². The number of hydrogen-bond acceptors (Lipinski definition) is 6. The average Bonchev–Trinajstić information content (AvgIpc) is 3.03. The predicted octanol–water partition coefficient (Wildman–Crippen LogP) is 3.46. The zero-order valence-corrected chi connectivity index (χ0v) is 19.3. The van der Waals surface area contributed by atoms with Crippen LogP contribution in [-0.4, -0.2) is 56.4 Å². The van der Waals surface area contributed by atoms with E-state index in [-0.39, 0.29) is 29.4 Å². The van der Waals surface area contributed by atoms with Crippen LogP contribution >= 0.6 is 0 Å². The van der Waals surface area contributed by atoms with E-state index >= 15 is 0 Å². The lowest BCUT2D eigenvalue weighted by atomic mass is 10.1. The van der Waals surface area contributed by atoms with Gasteiger partial charge in [-0.15, -0.1) is 0 Å². The van der Waals surface area contributed by atoms with Crippen molar-refractivity contribution in [3.05, 3.63) is 48.2 Å². The minimum absolute atomic E-state index is 0.0673. The Kier molecular flexibility index (Phi) is 5.61. The van der Waals surface area contributed by atoms with Crippen LogP contribution in [0.3, 0.4) is 0 Å². The van der Waals surface area contributed by atoms with Gasteiger partial charge in [-0.25, -0.2) is 4.99 Å². The lowest BCUT2D eigenvalue weighted by Crippen LogP contribution is -2.48. The molecule has 2 fully saturated rings. The van der Waals surface area contributed by atoms with E-state index in [1.54, 1.807) is 18.2 Å². The largest absolute Gasteiger partial charge is 0.414 e. The van der Waals surface area contributed by atoms with Crippen molar-refractivity contribution in [2.45, 2.75) is 70.1 Å². The van der Waals surface area contributed by atoms with Crippen LogP contribution < -0.4 is 5.32 Å². The molecule has 3 aliphatic rings. The van der Waals surface area contributed by atoms with E-state index in [1.807, 2.05) is 29.3 Å². The van der Waals surface area contributed by atoms with Crippen molar-refractivity contribution in [2.24, 2.45) is 4.99 Å². The third-order valence-electron chi connectivity index (χ3n) is 6.41. The molecular weight excluding hydrogens is 398 g/mol. The number of hydrogen-bond donors (Lipinski definition) is 1. The maximum Gasteiger partial charge on any atom is 0.256 e. The van der Waals surface area contributed by atoms with E-state index < -0.39 is 14.7 Å². The Hall–Kier alpha value is -2.00.